The van der Waals surface area contributed by atoms with Crippen molar-refractivity contribution in [1.82, 2.24) is 36.9 Å². The van der Waals surface area contributed by atoms with E-state index in [-0.39, 0.29) is 37.8 Å². The zero-order chi connectivity index (χ0) is 47.3. The minimum atomic E-state index is -1.72. The van der Waals surface area contributed by atoms with Crippen LogP contribution in [0, 0.1) is 5.95 Å². The van der Waals surface area contributed by atoms with Gasteiger partial charge in [0.1, 0.15) is 30.2 Å². The number of rotatable bonds is 27. The number of hydrogen-bond acceptors (Lipinski definition) is 11. The summed E-state index contributed by atoms with van der Waals surface area (Å²) in [5.74, 6) is -11.7. The molecule has 0 fully saturated rings. The van der Waals surface area contributed by atoms with Crippen LogP contribution in [0.15, 0.2) is 60.8 Å². The standard InChI is InChI=1S/C41H48FN7O15/c42-31-21-25(16-18-43-31)35(55)46-26(11-14-33(51)52)37(57)47-28(39(60)61)10-13-32(50)45-30(20-22-8-9-23-5-1-2-6-24(23)19-22)36(56)44-17-4-3-7-27(38(58)59)48-41(64)49-29(40(62)63)12-15-34(53)54/h1-2,5-6,8-9,16,18-19,21,26-30H,3-4,7,10-15,17,20H2,(H,44,56)(H,45,50)(H,46,55)(H,47,57)(H,51,52)(H,53,54)(H,58,59)(H,60,61)(H,62,63)(H2,48,49,64)/t26-,27+,28-,29+,30-/m1/s1/i42-1. The molecule has 0 saturated carbocycles. The van der Waals surface area contributed by atoms with E-state index in [1.54, 1.807) is 6.07 Å². The van der Waals surface area contributed by atoms with E-state index in [4.69, 9.17) is 10.2 Å². The number of carboxylic acids is 5. The summed E-state index contributed by atoms with van der Waals surface area (Å²) >= 11 is 0. The molecule has 0 spiro atoms. The molecule has 0 saturated heterocycles. The number of amides is 6. The number of nitrogens with zero attached hydrogens (tertiary/aromatic N) is 1. The molecule has 0 unspecified atom stereocenters. The van der Waals surface area contributed by atoms with Crippen molar-refractivity contribution in [2.45, 2.75) is 94.4 Å². The molecule has 5 atom stereocenters. The number of carbonyl (C=O) groups excluding carboxylic acids is 5. The normalized spacial score (nSPS) is 13.1. The van der Waals surface area contributed by atoms with Gasteiger partial charge < -0.3 is 57.4 Å². The van der Waals surface area contributed by atoms with Crippen molar-refractivity contribution in [2.24, 2.45) is 0 Å². The summed E-state index contributed by atoms with van der Waals surface area (Å²) in [6.45, 7) is -0.0272. The molecule has 23 heteroatoms. The molecule has 22 nitrogen and oxygen atoms in total. The number of benzene rings is 2. The van der Waals surface area contributed by atoms with Gasteiger partial charge in [0.15, 0.2) is 0 Å². The number of halogens is 1. The van der Waals surface area contributed by atoms with Gasteiger partial charge in [-0.15, -0.1) is 0 Å². The number of pyridine rings is 1. The van der Waals surface area contributed by atoms with Gasteiger partial charge in [-0.3, -0.25) is 28.8 Å². The number of unbranched alkanes of at least 4 members (excludes halogenated alkanes) is 1. The fraction of sp³-hybridized carbons (Fsp3) is 0.390. The van der Waals surface area contributed by atoms with Gasteiger partial charge in [0.2, 0.25) is 23.7 Å². The van der Waals surface area contributed by atoms with E-state index >= 15 is 0 Å². The maximum Gasteiger partial charge on any atom is 0.326 e. The molecular weight excluding hydrogens is 848 g/mol. The lowest BCUT2D eigenvalue weighted by atomic mass is 10.0. The van der Waals surface area contributed by atoms with Crippen molar-refractivity contribution in [1.29, 1.82) is 0 Å². The molecule has 0 aliphatic rings. The minimum Gasteiger partial charge on any atom is -0.481 e. The highest BCUT2D eigenvalue weighted by Gasteiger charge is 2.30. The highest BCUT2D eigenvalue weighted by Crippen LogP contribution is 2.17. The van der Waals surface area contributed by atoms with Crippen LogP contribution in [0.5, 0.6) is 0 Å². The zero-order valence-electron chi connectivity index (χ0n) is 34.1. The van der Waals surface area contributed by atoms with Gasteiger partial charge in [0.05, 0.1) is 0 Å². The molecule has 2 aromatic carbocycles. The van der Waals surface area contributed by atoms with Crippen LogP contribution < -0.4 is 31.9 Å². The third-order valence-corrected chi connectivity index (χ3v) is 9.51. The zero-order valence-corrected chi connectivity index (χ0v) is 34.1. The van der Waals surface area contributed by atoms with Crippen LogP contribution in [0.3, 0.4) is 0 Å². The van der Waals surface area contributed by atoms with Crippen LogP contribution in [-0.2, 0) is 44.8 Å². The second-order valence-corrected chi connectivity index (χ2v) is 14.4. The second-order valence-electron chi connectivity index (χ2n) is 14.4. The molecule has 1 heterocycles. The van der Waals surface area contributed by atoms with Crippen LogP contribution in [-0.4, -0.2) is 127 Å². The summed E-state index contributed by atoms with van der Waals surface area (Å²) in [6.07, 6.45) is -2.03. The summed E-state index contributed by atoms with van der Waals surface area (Å²) < 4.78 is 13.6. The summed E-state index contributed by atoms with van der Waals surface area (Å²) in [5, 5.41) is 62.3. The van der Waals surface area contributed by atoms with E-state index < -0.39 is 134 Å². The van der Waals surface area contributed by atoms with Gasteiger partial charge in [-0.25, -0.2) is 24.2 Å². The van der Waals surface area contributed by atoms with E-state index in [1.165, 1.54) is 0 Å². The van der Waals surface area contributed by atoms with E-state index in [0.29, 0.717) is 5.56 Å². The molecule has 3 rings (SSSR count). The van der Waals surface area contributed by atoms with Crippen LogP contribution in [0.25, 0.3) is 10.8 Å². The smallest absolute Gasteiger partial charge is 0.326 e. The van der Waals surface area contributed by atoms with Gasteiger partial charge in [0.25, 0.3) is 5.91 Å². The predicted octanol–water partition coefficient (Wildman–Crippen LogP) is 0.771. The lowest BCUT2D eigenvalue weighted by molar-refractivity contribution is -0.143. The Bertz CT molecular complexity index is 2210. The van der Waals surface area contributed by atoms with Crippen LogP contribution in [0.1, 0.15) is 73.7 Å². The number of fused-ring (bicyclic) bond motifs is 1. The van der Waals surface area contributed by atoms with Gasteiger partial charge in [0, 0.05) is 50.1 Å². The molecule has 344 valence electrons. The Hall–Kier alpha value is -7.72. The topological polar surface area (TPSA) is 357 Å². The lowest BCUT2D eigenvalue weighted by Crippen LogP contribution is -2.52. The predicted molar refractivity (Wildman–Crippen MR) is 219 cm³/mol. The fourth-order valence-electron chi connectivity index (χ4n) is 6.15. The molecule has 3 aromatic rings. The first-order valence-electron chi connectivity index (χ1n) is 19.8. The highest BCUT2D eigenvalue weighted by molar-refractivity contribution is 5.98. The first-order chi connectivity index (χ1) is 30.3. The largest absolute Gasteiger partial charge is 0.481 e. The molecule has 0 aliphatic heterocycles. The monoisotopic (exact) mass is 896 g/mol. The van der Waals surface area contributed by atoms with E-state index in [0.717, 1.165) is 29.1 Å². The molecule has 1 aromatic heterocycles. The maximum atomic E-state index is 13.6. The van der Waals surface area contributed by atoms with Crippen molar-refractivity contribution in [3.63, 3.8) is 0 Å². The number of nitrogens with one attached hydrogen (secondary N) is 6. The number of hydrogen-bond donors (Lipinski definition) is 11. The van der Waals surface area contributed by atoms with Crippen molar-refractivity contribution >= 4 is 70.3 Å². The summed E-state index contributed by atoms with van der Waals surface area (Å²) in [6, 6.07) is 5.90. The number of carboxylic acid groups (broad SMARTS) is 5. The molecule has 11 N–H and O–H groups in total. The number of aliphatic carboxylic acids is 5. The summed E-state index contributed by atoms with van der Waals surface area (Å²) in [4.78, 5) is 126. The van der Waals surface area contributed by atoms with Gasteiger partial charge in [-0.2, -0.15) is 4.39 Å². The average Bonchev–Trinajstić information content (AvgIpc) is 3.23. The van der Waals surface area contributed by atoms with Crippen LogP contribution in [0.4, 0.5) is 9.18 Å². The van der Waals surface area contributed by atoms with Gasteiger partial charge >= 0.3 is 35.9 Å². The number of aromatic nitrogens is 1. The first-order valence-corrected chi connectivity index (χ1v) is 19.8. The fourth-order valence-corrected chi connectivity index (χ4v) is 6.15. The molecule has 0 radical (unpaired) electrons. The molecule has 64 heavy (non-hydrogen) atoms. The first kappa shape index (κ1) is 50.6. The average molecular weight is 897 g/mol. The third-order valence-electron chi connectivity index (χ3n) is 9.51. The van der Waals surface area contributed by atoms with Crippen LogP contribution in [0.2, 0.25) is 0 Å². The summed E-state index contributed by atoms with van der Waals surface area (Å²) in [5.41, 5.74) is 0.391. The van der Waals surface area contributed by atoms with Crippen molar-refractivity contribution in [3.05, 3.63) is 77.9 Å². The minimum absolute atomic E-state index is 0.0272. The highest BCUT2D eigenvalue weighted by atomic mass is 18.2. The Morgan fingerprint density at radius 3 is 1.75 bits per heavy atom. The Morgan fingerprint density at radius 1 is 0.562 bits per heavy atom. The molecular formula is C41H48FN7O15. The third kappa shape index (κ3) is 17.7. The number of urea groups is 1. The molecule has 6 amide bonds. The van der Waals surface area contributed by atoms with Crippen LogP contribution >= 0.6 is 0 Å². The summed E-state index contributed by atoms with van der Waals surface area (Å²) in [7, 11) is 0. The SMILES string of the molecule is O=C(O)CC[C@H](NC(=O)N[C@@H](CCCCNC(=O)[C@@H](Cc1ccc2ccccc2c1)NC(=O)CC[C@@H](NC(=O)[C@@H](CCC(=O)O)NC(=O)c1ccnc([18F])c1)C(=O)O)C(=O)O)C(=O)O. The quantitative estimate of drug-likeness (QED) is 0.0372. The van der Waals surface area contributed by atoms with E-state index in [1.807, 2.05) is 41.7 Å². The van der Waals surface area contributed by atoms with E-state index in [9.17, 15) is 67.7 Å². The van der Waals surface area contributed by atoms with Gasteiger partial charge in [-0.1, -0.05) is 42.5 Å². The van der Waals surface area contributed by atoms with Crippen molar-refractivity contribution < 1.29 is 77.9 Å². The lowest BCUT2D eigenvalue weighted by Gasteiger charge is -2.22. The van der Waals surface area contributed by atoms with Crippen molar-refractivity contribution in [3.8, 4) is 0 Å². The van der Waals surface area contributed by atoms with Crippen molar-refractivity contribution in [2.75, 3.05) is 6.54 Å². The van der Waals surface area contributed by atoms with E-state index in [2.05, 4.69) is 31.6 Å². The molecule has 0 bridgehead atoms. The Kier molecular flexibility index (Phi) is 20.0. The second kappa shape index (κ2) is 25.3. The maximum absolute atomic E-state index is 13.6. The Labute approximate surface area is 363 Å². The Morgan fingerprint density at radius 2 is 1.14 bits per heavy atom. The number of carbonyl (C=O) groups is 10. The van der Waals surface area contributed by atoms with Gasteiger partial charge in [-0.05, 0) is 60.9 Å². The molecule has 0 aliphatic carbocycles. The Balaban J connectivity index is 1.64.